The van der Waals surface area contributed by atoms with Gasteiger partial charge in [0.25, 0.3) is 0 Å². The lowest BCUT2D eigenvalue weighted by Crippen LogP contribution is -1.83. The monoisotopic (exact) mass is 218 g/mol. The van der Waals surface area contributed by atoms with Gasteiger partial charge in [0.15, 0.2) is 0 Å². The minimum Gasteiger partial charge on any atom is -0.340 e. The van der Waals surface area contributed by atoms with Gasteiger partial charge in [0.1, 0.15) is 0 Å². The molecule has 0 N–H and O–H groups in total. The lowest BCUT2D eigenvalue weighted by Gasteiger charge is -1.99. The quantitative estimate of drug-likeness (QED) is 0.785. The van der Waals surface area contributed by atoms with Crippen LogP contribution in [0.5, 0.6) is 0 Å². The van der Waals surface area contributed by atoms with Crippen LogP contribution in [0, 0.1) is 0 Å². The minimum absolute atomic E-state index is 0.982. The molecule has 1 heterocycles. The predicted molar refractivity (Wildman–Crippen MR) is 64.6 cm³/mol. The third-order valence-corrected chi connectivity index (χ3v) is 3.16. The summed E-state index contributed by atoms with van der Waals surface area (Å²) in [5.74, 6) is 2.03. The molecule has 0 fully saturated rings. The van der Waals surface area contributed by atoms with Crippen LogP contribution in [0.3, 0.4) is 0 Å². The molecule has 0 bridgehead atoms. The van der Waals surface area contributed by atoms with E-state index in [1.54, 1.807) is 0 Å². The molecule has 0 atom stereocenters. The number of rotatable bonds is 4. The van der Waals surface area contributed by atoms with Crippen LogP contribution < -0.4 is 0 Å². The van der Waals surface area contributed by atoms with Gasteiger partial charge in [0.05, 0.1) is 12.0 Å². The normalized spacial score (nSPS) is 10.5. The van der Waals surface area contributed by atoms with E-state index in [1.807, 2.05) is 35.8 Å². The molecule has 0 spiro atoms. The van der Waals surface area contributed by atoms with Crippen molar-refractivity contribution in [3.8, 4) is 0 Å². The molecule has 78 valence electrons. The van der Waals surface area contributed by atoms with E-state index in [0.717, 1.165) is 17.2 Å². The second-order valence-electron chi connectivity index (χ2n) is 3.51. The molecule has 2 nitrogen and oxygen atoms in total. The van der Waals surface area contributed by atoms with E-state index < -0.39 is 0 Å². The number of benzene rings is 1. The summed E-state index contributed by atoms with van der Waals surface area (Å²) in [4.78, 5) is 4.29. The number of aryl methyl sites for hydroxylation is 1. The molecule has 0 aliphatic carbocycles. The third-order valence-electron chi connectivity index (χ3n) is 2.12. The number of hydrogen-bond acceptors (Lipinski definition) is 2. The lowest BCUT2D eigenvalue weighted by molar-refractivity contribution is 0.913. The van der Waals surface area contributed by atoms with Gasteiger partial charge >= 0.3 is 0 Å². The zero-order valence-corrected chi connectivity index (χ0v) is 9.57. The maximum atomic E-state index is 4.29. The Bertz CT molecular complexity index is 409. The van der Waals surface area contributed by atoms with Crippen molar-refractivity contribution in [1.29, 1.82) is 0 Å². The van der Waals surface area contributed by atoms with Gasteiger partial charge in [-0.2, -0.15) is 11.8 Å². The van der Waals surface area contributed by atoms with Gasteiger partial charge in [-0.15, -0.1) is 0 Å². The summed E-state index contributed by atoms with van der Waals surface area (Å²) in [6.07, 6.45) is 3.91. The first-order valence-corrected chi connectivity index (χ1v) is 6.08. The van der Waals surface area contributed by atoms with Gasteiger partial charge in [-0.05, 0) is 5.56 Å². The summed E-state index contributed by atoms with van der Waals surface area (Å²) in [5, 5.41) is 0. The molecule has 0 aliphatic rings. The lowest BCUT2D eigenvalue weighted by atomic mass is 10.2. The molecule has 3 heteroatoms. The van der Waals surface area contributed by atoms with Crippen molar-refractivity contribution in [2.75, 3.05) is 0 Å². The fraction of sp³-hybridized carbons (Fsp3) is 0.250. The van der Waals surface area contributed by atoms with Crippen molar-refractivity contribution in [2.24, 2.45) is 7.05 Å². The van der Waals surface area contributed by atoms with Crippen LogP contribution in [0.15, 0.2) is 42.9 Å². The van der Waals surface area contributed by atoms with Crippen LogP contribution in [-0.4, -0.2) is 9.55 Å². The van der Waals surface area contributed by atoms with Crippen molar-refractivity contribution in [1.82, 2.24) is 9.55 Å². The minimum atomic E-state index is 0.982. The molecule has 2 aromatic rings. The Kier molecular flexibility index (Phi) is 3.45. The largest absolute Gasteiger partial charge is 0.340 e. The maximum Gasteiger partial charge on any atom is 0.0947 e. The summed E-state index contributed by atoms with van der Waals surface area (Å²) in [6, 6.07) is 10.5. The molecular formula is C12H14N2S. The van der Waals surface area contributed by atoms with Crippen molar-refractivity contribution < 1.29 is 0 Å². The first kappa shape index (κ1) is 10.3. The molecule has 0 amide bonds. The third kappa shape index (κ3) is 3.13. The average molecular weight is 218 g/mol. The van der Waals surface area contributed by atoms with Crippen LogP contribution in [0.1, 0.15) is 11.3 Å². The highest BCUT2D eigenvalue weighted by Gasteiger charge is 1.97. The van der Waals surface area contributed by atoms with Gasteiger partial charge in [-0.25, -0.2) is 4.98 Å². The number of imidazole rings is 1. The molecule has 1 aromatic heterocycles. The SMILES string of the molecule is Cn1cnc(CSCc2ccccc2)c1. The Morgan fingerprint density at radius 1 is 1.20 bits per heavy atom. The van der Waals surface area contributed by atoms with E-state index >= 15 is 0 Å². The smallest absolute Gasteiger partial charge is 0.0947 e. The van der Waals surface area contributed by atoms with Crippen LogP contribution in [0.2, 0.25) is 0 Å². The van der Waals surface area contributed by atoms with Crippen molar-refractivity contribution in [3.63, 3.8) is 0 Å². The van der Waals surface area contributed by atoms with Crippen LogP contribution in [0.25, 0.3) is 0 Å². The van der Waals surface area contributed by atoms with E-state index in [0.29, 0.717) is 0 Å². The predicted octanol–water partition coefficient (Wildman–Crippen LogP) is 2.85. The highest BCUT2D eigenvalue weighted by Crippen LogP contribution is 2.16. The number of thioether (sulfide) groups is 1. The number of hydrogen-bond donors (Lipinski definition) is 0. The zero-order chi connectivity index (χ0) is 10.5. The molecule has 0 unspecified atom stereocenters. The highest BCUT2D eigenvalue weighted by atomic mass is 32.2. The summed E-state index contributed by atoms with van der Waals surface area (Å²) < 4.78 is 1.98. The van der Waals surface area contributed by atoms with Gasteiger partial charge in [0.2, 0.25) is 0 Å². The van der Waals surface area contributed by atoms with Crippen molar-refractivity contribution >= 4 is 11.8 Å². The van der Waals surface area contributed by atoms with E-state index in [9.17, 15) is 0 Å². The van der Waals surface area contributed by atoms with Gasteiger partial charge in [-0.1, -0.05) is 30.3 Å². The Hall–Kier alpha value is -1.22. The zero-order valence-electron chi connectivity index (χ0n) is 8.76. The van der Waals surface area contributed by atoms with Crippen molar-refractivity contribution in [3.05, 3.63) is 54.1 Å². The topological polar surface area (TPSA) is 17.8 Å². The number of nitrogens with zero attached hydrogens (tertiary/aromatic N) is 2. The van der Waals surface area contributed by atoms with Crippen LogP contribution in [0.4, 0.5) is 0 Å². The summed E-state index contributed by atoms with van der Waals surface area (Å²) in [5.41, 5.74) is 2.52. The second-order valence-corrected chi connectivity index (χ2v) is 4.49. The molecule has 0 aliphatic heterocycles. The first-order chi connectivity index (χ1) is 7.34. The molecule has 0 saturated heterocycles. The summed E-state index contributed by atoms with van der Waals surface area (Å²) >= 11 is 1.90. The molecule has 2 rings (SSSR count). The highest BCUT2D eigenvalue weighted by molar-refractivity contribution is 7.97. The first-order valence-electron chi connectivity index (χ1n) is 4.93. The Labute approximate surface area is 94.3 Å². The van der Waals surface area contributed by atoms with E-state index in [-0.39, 0.29) is 0 Å². The molecule has 1 aromatic carbocycles. The number of aromatic nitrogens is 2. The van der Waals surface area contributed by atoms with Crippen LogP contribution >= 0.6 is 11.8 Å². The van der Waals surface area contributed by atoms with Gasteiger partial charge in [-0.3, -0.25) is 0 Å². The molecule has 0 radical (unpaired) electrons. The maximum absolute atomic E-state index is 4.29. The molecule has 15 heavy (non-hydrogen) atoms. The van der Waals surface area contributed by atoms with E-state index in [4.69, 9.17) is 0 Å². The molecular weight excluding hydrogens is 204 g/mol. The average Bonchev–Trinajstić information content (AvgIpc) is 2.66. The summed E-state index contributed by atoms with van der Waals surface area (Å²) in [6.45, 7) is 0. The second kappa shape index (κ2) is 5.03. The van der Waals surface area contributed by atoms with Crippen molar-refractivity contribution in [2.45, 2.75) is 11.5 Å². The van der Waals surface area contributed by atoms with Crippen LogP contribution in [-0.2, 0) is 18.6 Å². The van der Waals surface area contributed by atoms with E-state index in [1.165, 1.54) is 5.56 Å². The standard InChI is InChI=1S/C12H14N2S/c1-14-7-12(13-10-14)9-15-8-11-5-3-2-4-6-11/h2-7,10H,8-9H2,1H3. The fourth-order valence-electron chi connectivity index (χ4n) is 1.39. The Morgan fingerprint density at radius 3 is 2.67 bits per heavy atom. The van der Waals surface area contributed by atoms with Gasteiger partial charge < -0.3 is 4.57 Å². The van der Waals surface area contributed by atoms with Gasteiger partial charge in [0, 0.05) is 24.8 Å². The molecule has 0 saturated carbocycles. The van der Waals surface area contributed by atoms with E-state index in [2.05, 4.69) is 35.4 Å². The fourth-order valence-corrected chi connectivity index (χ4v) is 2.28. The summed E-state index contributed by atoms with van der Waals surface area (Å²) in [7, 11) is 2.00. The Morgan fingerprint density at radius 2 is 2.00 bits per heavy atom. The Balaban J connectivity index is 1.80.